The lowest BCUT2D eigenvalue weighted by atomic mass is 10.1. The summed E-state index contributed by atoms with van der Waals surface area (Å²) in [5.41, 5.74) is 4.51. The Morgan fingerprint density at radius 3 is 2.43 bits per heavy atom. The predicted molar refractivity (Wildman–Crippen MR) is 99.5 cm³/mol. The van der Waals surface area contributed by atoms with Crippen molar-refractivity contribution in [3.8, 4) is 11.3 Å². The molecule has 0 amide bonds. The Kier molecular flexibility index (Phi) is 4.53. The van der Waals surface area contributed by atoms with Crippen molar-refractivity contribution in [2.75, 3.05) is 12.1 Å². The molecule has 3 aromatic rings. The Bertz CT molecular complexity index is 822. The van der Waals surface area contributed by atoms with Crippen LogP contribution < -0.4 is 5.01 Å². The summed E-state index contributed by atoms with van der Waals surface area (Å²) in [6.45, 7) is 4.19. The van der Waals surface area contributed by atoms with Gasteiger partial charge in [-0.05, 0) is 25.0 Å². The number of hydrazone groups is 1. The molecule has 0 N–H and O–H groups in total. The Hall–Kier alpha value is -2.46. The standard InChI is InChI=1S/C19H19N3S/c1-14-9-7-8-12-17(14)13-20-22(3)19-21-18(15(2)23-19)16-10-5-4-6-11-16/h4-13H,1-3H3/b20-13+. The number of rotatable bonds is 4. The molecule has 0 aliphatic rings. The zero-order chi connectivity index (χ0) is 16.2. The van der Waals surface area contributed by atoms with E-state index in [1.165, 1.54) is 10.4 Å². The highest BCUT2D eigenvalue weighted by atomic mass is 32.1. The quantitative estimate of drug-likeness (QED) is 0.505. The van der Waals surface area contributed by atoms with Gasteiger partial charge in [-0.25, -0.2) is 9.99 Å². The third-order valence-corrected chi connectivity index (χ3v) is 4.71. The van der Waals surface area contributed by atoms with Crippen molar-refractivity contribution < 1.29 is 0 Å². The van der Waals surface area contributed by atoms with Crippen LogP contribution in [0.15, 0.2) is 59.7 Å². The van der Waals surface area contributed by atoms with Crippen LogP contribution in [0.4, 0.5) is 5.13 Å². The van der Waals surface area contributed by atoms with Gasteiger partial charge >= 0.3 is 0 Å². The van der Waals surface area contributed by atoms with Gasteiger partial charge in [-0.2, -0.15) is 5.10 Å². The number of aryl methyl sites for hydroxylation is 2. The van der Waals surface area contributed by atoms with E-state index in [1.807, 2.05) is 48.6 Å². The number of thiazole rings is 1. The fourth-order valence-corrected chi connectivity index (χ4v) is 3.16. The van der Waals surface area contributed by atoms with Crippen molar-refractivity contribution in [2.45, 2.75) is 13.8 Å². The first-order chi connectivity index (χ1) is 11.1. The van der Waals surface area contributed by atoms with Crippen molar-refractivity contribution in [1.82, 2.24) is 4.98 Å². The molecule has 0 aliphatic carbocycles. The van der Waals surface area contributed by atoms with Gasteiger partial charge in [0, 0.05) is 17.5 Å². The lowest BCUT2D eigenvalue weighted by Crippen LogP contribution is -2.08. The zero-order valence-electron chi connectivity index (χ0n) is 13.5. The maximum atomic E-state index is 4.75. The molecule has 0 saturated carbocycles. The van der Waals surface area contributed by atoms with Gasteiger partial charge in [-0.1, -0.05) is 65.9 Å². The van der Waals surface area contributed by atoms with Gasteiger partial charge in [0.15, 0.2) is 0 Å². The van der Waals surface area contributed by atoms with Crippen molar-refractivity contribution in [1.29, 1.82) is 0 Å². The molecular formula is C19H19N3S. The molecule has 1 heterocycles. The lowest BCUT2D eigenvalue weighted by molar-refractivity contribution is 1.01. The molecule has 116 valence electrons. The molecule has 0 radical (unpaired) electrons. The Labute approximate surface area is 140 Å². The van der Waals surface area contributed by atoms with Gasteiger partial charge in [-0.15, -0.1) is 0 Å². The molecule has 2 aromatic carbocycles. The maximum absolute atomic E-state index is 4.75. The third-order valence-electron chi connectivity index (χ3n) is 3.67. The van der Waals surface area contributed by atoms with Crippen LogP contribution >= 0.6 is 11.3 Å². The number of anilines is 1. The first-order valence-electron chi connectivity index (χ1n) is 7.51. The third kappa shape index (κ3) is 3.48. The molecule has 0 bridgehead atoms. The molecule has 0 atom stereocenters. The van der Waals surface area contributed by atoms with Crippen molar-refractivity contribution in [2.24, 2.45) is 5.10 Å². The van der Waals surface area contributed by atoms with Crippen LogP contribution in [-0.4, -0.2) is 18.2 Å². The van der Waals surface area contributed by atoms with Gasteiger partial charge in [-0.3, -0.25) is 0 Å². The molecule has 23 heavy (non-hydrogen) atoms. The molecule has 1 aromatic heterocycles. The summed E-state index contributed by atoms with van der Waals surface area (Å²) in [4.78, 5) is 5.94. The smallest absolute Gasteiger partial charge is 0.206 e. The molecule has 0 unspecified atom stereocenters. The first-order valence-corrected chi connectivity index (χ1v) is 8.33. The van der Waals surface area contributed by atoms with Gasteiger partial charge in [0.25, 0.3) is 0 Å². The van der Waals surface area contributed by atoms with Crippen LogP contribution in [0.5, 0.6) is 0 Å². The second-order valence-corrected chi connectivity index (χ2v) is 6.57. The van der Waals surface area contributed by atoms with Crippen molar-refractivity contribution >= 4 is 22.7 Å². The first kappa shape index (κ1) is 15.4. The second kappa shape index (κ2) is 6.75. The van der Waals surface area contributed by atoms with Crippen LogP contribution in [0.1, 0.15) is 16.0 Å². The summed E-state index contributed by atoms with van der Waals surface area (Å²) in [6.07, 6.45) is 1.88. The largest absolute Gasteiger partial charge is 0.242 e. The Morgan fingerprint density at radius 1 is 1.00 bits per heavy atom. The summed E-state index contributed by atoms with van der Waals surface area (Å²) in [7, 11) is 1.93. The van der Waals surface area contributed by atoms with E-state index in [4.69, 9.17) is 4.98 Å². The van der Waals surface area contributed by atoms with E-state index in [9.17, 15) is 0 Å². The molecular weight excluding hydrogens is 302 g/mol. The summed E-state index contributed by atoms with van der Waals surface area (Å²) < 4.78 is 0. The van der Waals surface area contributed by atoms with Crippen LogP contribution in [0.25, 0.3) is 11.3 Å². The topological polar surface area (TPSA) is 28.5 Å². The van der Waals surface area contributed by atoms with Crippen LogP contribution in [0, 0.1) is 13.8 Å². The lowest BCUT2D eigenvalue weighted by Gasteiger charge is -2.08. The van der Waals surface area contributed by atoms with Gasteiger partial charge in [0.1, 0.15) is 0 Å². The molecule has 0 fully saturated rings. The second-order valence-electron chi connectivity index (χ2n) is 5.39. The van der Waals surface area contributed by atoms with Crippen LogP contribution in [0.2, 0.25) is 0 Å². The van der Waals surface area contributed by atoms with Crippen molar-refractivity contribution in [3.05, 3.63) is 70.6 Å². The average Bonchev–Trinajstić information content (AvgIpc) is 2.96. The number of benzene rings is 2. The summed E-state index contributed by atoms with van der Waals surface area (Å²) in [5, 5.41) is 7.25. The minimum absolute atomic E-state index is 0.895. The molecule has 3 rings (SSSR count). The highest BCUT2D eigenvalue weighted by Crippen LogP contribution is 2.31. The van der Waals surface area contributed by atoms with E-state index in [1.54, 1.807) is 11.3 Å². The monoisotopic (exact) mass is 321 g/mol. The fraction of sp³-hybridized carbons (Fsp3) is 0.158. The maximum Gasteiger partial charge on any atom is 0.206 e. The molecule has 3 nitrogen and oxygen atoms in total. The average molecular weight is 321 g/mol. The predicted octanol–water partition coefficient (Wildman–Crippen LogP) is 4.90. The van der Waals surface area contributed by atoms with Gasteiger partial charge in [0.2, 0.25) is 5.13 Å². The van der Waals surface area contributed by atoms with Gasteiger partial charge in [0.05, 0.1) is 11.9 Å². The number of hydrogen-bond donors (Lipinski definition) is 0. The number of hydrogen-bond acceptors (Lipinski definition) is 4. The van der Waals surface area contributed by atoms with Crippen molar-refractivity contribution in [3.63, 3.8) is 0 Å². The molecule has 0 aliphatic heterocycles. The van der Waals surface area contributed by atoms with Gasteiger partial charge < -0.3 is 0 Å². The summed E-state index contributed by atoms with van der Waals surface area (Å²) in [6, 6.07) is 18.5. The number of aromatic nitrogens is 1. The summed E-state index contributed by atoms with van der Waals surface area (Å²) >= 11 is 1.66. The minimum Gasteiger partial charge on any atom is -0.242 e. The van der Waals surface area contributed by atoms with E-state index in [0.29, 0.717) is 0 Å². The summed E-state index contributed by atoms with van der Waals surface area (Å²) in [5.74, 6) is 0. The Morgan fingerprint density at radius 2 is 1.70 bits per heavy atom. The highest BCUT2D eigenvalue weighted by Gasteiger charge is 2.12. The van der Waals surface area contributed by atoms with E-state index < -0.39 is 0 Å². The van der Waals surface area contributed by atoms with E-state index in [2.05, 4.69) is 43.2 Å². The Balaban J connectivity index is 1.84. The SMILES string of the molecule is Cc1ccccc1/C=N/N(C)c1nc(-c2ccccc2)c(C)s1. The van der Waals surface area contributed by atoms with E-state index >= 15 is 0 Å². The molecule has 0 spiro atoms. The molecule has 4 heteroatoms. The van der Waals surface area contributed by atoms with Crippen LogP contribution in [0.3, 0.4) is 0 Å². The van der Waals surface area contributed by atoms with E-state index in [0.717, 1.165) is 22.0 Å². The minimum atomic E-state index is 0.895. The highest BCUT2D eigenvalue weighted by molar-refractivity contribution is 7.16. The van der Waals surface area contributed by atoms with E-state index in [-0.39, 0.29) is 0 Å². The van der Waals surface area contributed by atoms with Crippen LogP contribution in [-0.2, 0) is 0 Å². The fourth-order valence-electron chi connectivity index (χ4n) is 2.31. The zero-order valence-corrected chi connectivity index (χ0v) is 14.3. The molecule has 0 saturated heterocycles. The normalized spacial score (nSPS) is 11.1. The number of nitrogens with zero attached hydrogens (tertiary/aromatic N) is 3.